The molecule has 2 N–H and O–H groups in total. The Morgan fingerprint density at radius 2 is 1.94 bits per heavy atom. The molecule has 5 nitrogen and oxygen atoms in total. The summed E-state index contributed by atoms with van der Waals surface area (Å²) >= 11 is 0. The highest BCUT2D eigenvalue weighted by Crippen LogP contribution is 1.92. The summed E-state index contributed by atoms with van der Waals surface area (Å²) in [4.78, 5) is 22.0. The molecular formula is C11H17N3O2. The second kappa shape index (κ2) is 8.48. The quantitative estimate of drug-likeness (QED) is 0.503. The molecule has 0 heterocycles. The Balaban J connectivity index is 3.56. The Bertz CT molecular complexity index is 303. The van der Waals surface area contributed by atoms with Crippen molar-refractivity contribution in [3.05, 3.63) is 12.2 Å². The third-order valence-corrected chi connectivity index (χ3v) is 1.62. The molecule has 88 valence electrons. The molecule has 0 aliphatic rings. The number of nitriles is 1. The van der Waals surface area contributed by atoms with Crippen LogP contribution in [0.1, 0.15) is 20.3 Å². The second-order valence-corrected chi connectivity index (χ2v) is 3.58. The number of hydrogen-bond donors (Lipinski definition) is 2. The SMILES string of the molecule is CC(C)/C=C/C(=O)NCCNC(=O)CC#N. The summed E-state index contributed by atoms with van der Waals surface area (Å²) in [5, 5.41) is 13.3. The van der Waals surface area contributed by atoms with Crippen LogP contribution < -0.4 is 10.6 Å². The lowest BCUT2D eigenvalue weighted by atomic mass is 10.2. The average molecular weight is 223 g/mol. The fraction of sp³-hybridized carbons (Fsp3) is 0.545. The van der Waals surface area contributed by atoms with Crippen LogP contribution in [0.2, 0.25) is 0 Å². The molecule has 16 heavy (non-hydrogen) atoms. The van der Waals surface area contributed by atoms with Crippen LogP contribution in [-0.2, 0) is 9.59 Å². The third kappa shape index (κ3) is 8.75. The van der Waals surface area contributed by atoms with Crippen molar-refractivity contribution in [3.63, 3.8) is 0 Å². The maximum Gasteiger partial charge on any atom is 0.243 e. The van der Waals surface area contributed by atoms with Crippen molar-refractivity contribution >= 4 is 11.8 Å². The number of carbonyl (C=O) groups is 2. The first-order valence-electron chi connectivity index (χ1n) is 5.16. The Morgan fingerprint density at radius 1 is 1.31 bits per heavy atom. The monoisotopic (exact) mass is 223 g/mol. The van der Waals surface area contributed by atoms with Crippen molar-refractivity contribution in [2.45, 2.75) is 20.3 Å². The van der Waals surface area contributed by atoms with E-state index in [2.05, 4.69) is 10.6 Å². The summed E-state index contributed by atoms with van der Waals surface area (Å²) in [5.41, 5.74) is 0. The van der Waals surface area contributed by atoms with Gasteiger partial charge in [0.25, 0.3) is 0 Å². The first kappa shape index (κ1) is 14.2. The van der Waals surface area contributed by atoms with Crippen molar-refractivity contribution in [1.29, 1.82) is 5.26 Å². The minimum absolute atomic E-state index is 0.152. The number of carbonyl (C=O) groups excluding carboxylic acids is 2. The lowest BCUT2D eigenvalue weighted by Gasteiger charge is -2.03. The van der Waals surface area contributed by atoms with Gasteiger partial charge in [-0.1, -0.05) is 19.9 Å². The lowest BCUT2D eigenvalue weighted by Crippen LogP contribution is -2.33. The molecule has 0 radical (unpaired) electrons. The molecule has 0 unspecified atom stereocenters. The van der Waals surface area contributed by atoms with Gasteiger partial charge in [0, 0.05) is 13.1 Å². The number of hydrogen-bond acceptors (Lipinski definition) is 3. The Labute approximate surface area is 95.5 Å². The van der Waals surface area contributed by atoms with E-state index in [0.29, 0.717) is 19.0 Å². The van der Waals surface area contributed by atoms with E-state index in [4.69, 9.17) is 5.26 Å². The molecule has 2 amide bonds. The van der Waals surface area contributed by atoms with Crippen LogP contribution in [0.15, 0.2) is 12.2 Å². The molecule has 0 aromatic heterocycles. The topological polar surface area (TPSA) is 82.0 Å². The predicted octanol–water partition coefficient (Wildman–Crippen LogP) is 0.345. The van der Waals surface area contributed by atoms with Gasteiger partial charge in [-0.3, -0.25) is 9.59 Å². The molecule has 0 aromatic rings. The lowest BCUT2D eigenvalue weighted by molar-refractivity contribution is -0.120. The van der Waals surface area contributed by atoms with Crippen LogP contribution in [-0.4, -0.2) is 24.9 Å². The van der Waals surface area contributed by atoms with E-state index >= 15 is 0 Å². The van der Waals surface area contributed by atoms with Gasteiger partial charge in [-0.15, -0.1) is 0 Å². The molecule has 0 aliphatic heterocycles. The van der Waals surface area contributed by atoms with Gasteiger partial charge in [0.05, 0.1) is 6.07 Å². The van der Waals surface area contributed by atoms with Gasteiger partial charge in [0.15, 0.2) is 0 Å². The van der Waals surface area contributed by atoms with E-state index in [-0.39, 0.29) is 18.2 Å². The van der Waals surface area contributed by atoms with Crippen molar-refractivity contribution < 1.29 is 9.59 Å². The van der Waals surface area contributed by atoms with Gasteiger partial charge >= 0.3 is 0 Å². The summed E-state index contributed by atoms with van der Waals surface area (Å²) in [6, 6.07) is 1.74. The van der Waals surface area contributed by atoms with Crippen molar-refractivity contribution in [1.82, 2.24) is 10.6 Å². The van der Waals surface area contributed by atoms with Gasteiger partial charge in [0.2, 0.25) is 11.8 Å². The number of nitrogens with one attached hydrogen (secondary N) is 2. The van der Waals surface area contributed by atoms with E-state index in [1.54, 1.807) is 12.1 Å². The van der Waals surface area contributed by atoms with Gasteiger partial charge < -0.3 is 10.6 Å². The van der Waals surface area contributed by atoms with E-state index in [9.17, 15) is 9.59 Å². The maximum atomic E-state index is 11.2. The summed E-state index contributed by atoms with van der Waals surface area (Å²) in [6.45, 7) is 4.65. The first-order valence-corrected chi connectivity index (χ1v) is 5.16. The van der Waals surface area contributed by atoms with Gasteiger partial charge in [-0.2, -0.15) is 5.26 Å². The van der Waals surface area contributed by atoms with Crippen LogP contribution >= 0.6 is 0 Å². The molecule has 5 heteroatoms. The third-order valence-electron chi connectivity index (χ3n) is 1.62. The zero-order chi connectivity index (χ0) is 12.4. The molecule has 0 fully saturated rings. The standard InChI is InChI=1S/C11H17N3O2/c1-9(2)3-4-10(15)13-7-8-14-11(16)5-6-12/h3-4,9H,5,7-8H2,1-2H3,(H,13,15)(H,14,16)/b4-3+. The summed E-state index contributed by atoms with van der Waals surface area (Å²) in [6.07, 6.45) is 3.12. The summed E-state index contributed by atoms with van der Waals surface area (Å²) in [5.74, 6) is -0.168. The Hall–Kier alpha value is -1.83. The molecule has 0 spiro atoms. The number of nitrogens with zero attached hydrogens (tertiary/aromatic N) is 1. The second-order valence-electron chi connectivity index (χ2n) is 3.58. The largest absolute Gasteiger partial charge is 0.353 e. The highest BCUT2D eigenvalue weighted by atomic mass is 16.2. The molecule has 0 atom stereocenters. The van der Waals surface area contributed by atoms with Crippen LogP contribution in [0.5, 0.6) is 0 Å². The van der Waals surface area contributed by atoms with Crippen LogP contribution in [0.25, 0.3) is 0 Å². The molecule has 0 rings (SSSR count). The van der Waals surface area contributed by atoms with Crippen molar-refractivity contribution in [2.75, 3.05) is 13.1 Å². The minimum Gasteiger partial charge on any atom is -0.353 e. The number of allylic oxidation sites excluding steroid dienone is 1. The normalized spacial score (nSPS) is 10.1. The fourth-order valence-electron chi connectivity index (χ4n) is 0.861. The number of rotatable bonds is 6. The zero-order valence-corrected chi connectivity index (χ0v) is 9.62. The van der Waals surface area contributed by atoms with E-state index in [1.165, 1.54) is 6.08 Å². The van der Waals surface area contributed by atoms with Crippen LogP contribution in [0.3, 0.4) is 0 Å². The minimum atomic E-state index is -0.325. The Kier molecular flexibility index (Phi) is 7.51. The van der Waals surface area contributed by atoms with Crippen LogP contribution in [0, 0.1) is 17.2 Å². The maximum absolute atomic E-state index is 11.2. The molecular weight excluding hydrogens is 206 g/mol. The molecule has 0 aromatic carbocycles. The van der Waals surface area contributed by atoms with Gasteiger partial charge in [0.1, 0.15) is 6.42 Å². The molecule has 0 saturated carbocycles. The van der Waals surface area contributed by atoms with E-state index in [0.717, 1.165) is 0 Å². The van der Waals surface area contributed by atoms with Crippen molar-refractivity contribution in [2.24, 2.45) is 5.92 Å². The van der Waals surface area contributed by atoms with Gasteiger partial charge in [-0.05, 0) is 12.0 Å². The highest BCUT2D eigenvalue weighted by Gasteiger charge is 1.99. The van der Waals surface area contributed by atoms with Crippen molar-refractivity contribution in [3.8, 4) is 6.07 Å². The molecule has 0 bridgehead atoms. The summed E-state index contributed by atoms with van der Waals surface area (Å²) < 4.78 is 0. The predicted molar refractivity (Wildman–Crippen MR) is 60.2 cm³/mol. The molecule has 0 saturated heterocycles. The average Bonchev–Trinajstić information content (AvgIpc) is 2.22. The summed E-state index contributed by atoms with van der Waals surface area (Å²) in [7, 11) is 0. The molecule has 0 aliphatic carbocycles. The first-order chi connectivity index (χ1) is 7.56. The fourth-order valence-corrected chi connectivity index (χ4v) is 0.861. The smallest absolute Gasteiger partial charge is 0.243 e. The zero-order valence-electron chi connectivity index (χ0n) is 9.62. The highest BCUT2D eigenvalue weighted by molar-refractivity contribution is 5.87. The van der Waals surface area contributed by atoms with E-state index in [1.807, 2.05) is 13.8 Å². The van der Waals surface area contributed by atoms with E-state index < -0.39 is 0 Å². The Morgan fingerprint density at radius 3 is 2.50 bits per heavy atom. The van der Waals surface area contributed by atoms with Gasteiger partial charge in [-0.25, -0.2) is 0 Å². The van der Waals surface area contributed by atoms with Crippen LogP contribution in [0.4, 0.5) is 0 Å². The number of amides is 2.